The van der Waals surface area contributed by atoms with Crippen LogP contribution in [0.25, 0.3) is 22.3 Å². The van der Waals surface area contributed by atoms with Crippen LogP contribution < -0.4 is 0 Å². The molecule has 0 saturated heterocycles. The van der Waals surface area contributed by atoms with Crippen LogP contribution in [0.4, 0.5) is 0 Å². The molecule has 0 radical (unpaired) electrons. The number of benzene rings is 2. The smallest absolute Gasteiger partial charge is 0.180 e. The molecule has 30 heavy (non-hydrogen) atoms. The third kappa shape index (κ3) is 3.01. The van der Waals surface area contributed by atoms with E-state index in [1.54, 1.807) is 12.5 Å². The van der Waals surface area contributed by atoms with Gasteiger partial charge in [-0.2, -0.15) is 0 Å². The number of hydrogen-bond acceptors (Lipinski definition) is 5. The summed E-state index contributed by atoms with van der Waals surface area (Å²) in [5.41, 5.74) is 8.13. The van der Waals surface area contributed by atoms with Crippen molar-refractivity contribution >= 4 is 22.7 Å². The van der Waals surface area contributed by atoms with Crippen LogP contribution in [0, 0.1) is 0 Å². The Morgan fingerprint density at radius 2 is 1.77 bits per heavy atom. The standard InChI is InChI=1S/C19H16O2.C5H4N4/c1-11-12-6-7-15-13-4-2-3-5-16(13)19(21)10-17(15)14(12)8-9-18(11)20;1-4-5(8-2-6-1)9-3-7-4/h2-7,11H,8-10H2,1H3;1-3H,(H,6,7,8,9). The van der Waals surface area contributed by atoms with Crippen molar-refractivity contribution in [3.8, 4) is 11.1 Å². The fourth-order valence-corrected chi connectivity index (χ4v) is 4.41. The summed E-state index contributed by atoms with van der Waals surface area (Å²) in [5.74, 6) is 0.465. The van der Waals surface area contributed by atoms with Crippen LogP contribution in [0.2, 0.25) is 0 Å². The summed E-state index contributed by atoms with van der Waals surface area (Å²) >= 11 is 0. The molecular formula is C24H20N4O2. The average Bonchev–Trinajstić information content (AvgIpc) is 3.26. The van der Waals surface area contributed by atoms with Gasteiger partial charge in [0.05, 0.1) is 12.5 Å². The molecule has 0 fully saturated rings. The van der Waals surface area contributed by atoms with Crippen molar-refractivity contribution in [3.63, 3.8) is 0 Å². The van der Waals surface area contributed by atoms with E-state index >= 15 is 0 Å². The second kappa shape index (κ2) is 7.30. The summed E-state index contributed by atoms with van der Waals surface area (Å²) in [6, 6.07) is 12.0. The lowest BCUT2D eigenvalue weighted by Crippen LogP contribution is -2.22. The second-order valence-corrected chi connectivity index (χ2v) is 7.66. The largest absolute Gasteiger partial charge is 0.342 e. The summed E-state index contributed by atoms with van der Waals surface area (Å²) in [5, 5.41) is 0. The highest BCUT2D eigenvalue weighted by Crippen LogP contribution is 2.40. The molecule has 2 aromatic heterocycles. The molecule has 6 heteroatoms. The summed E-state index contributed by atoms with van der Waals surface area (Å²) in [7, 11) is 0. The lowest BCUT2D eigenvalue weighted by Gasteiger charge is -2.28. The molecule has 6 nitrogen and oxygen atoms in total. The SMILES string of the molecule is CC1C(=O)CCc2c1ccc1c2CC(=O)c2ccccc2-1.c1ncc2[nH]cnc2n1. The Labute approximate surface area is 173 Å². The second-order valence-electron chi connectivity index (χ2n) is 7.66. The van der Waals surface area contributed by atoms with Crippen LogP contribution in [0.5, 0.6) is 0 Å². The lowest BCUT2D eigenvalue weighted by molar-refractivity contribution is -0.120. The predicted octanol–water partition coefficient (Wildman–Crippen LogP) is 4.06. The molecule has 6 rings (SSSR count). The quantitative estimate of drug-likeness (QED) is 0.484. The summed E-state index contributed by atoms with van der Waals surface area (Å²) in [6.45, 7) is 1.98. The van der Waals surface area contributed by atoms with Crippen LogP contribution in [0.1, 0.15) is 46.3 Å². The van der Waals surface area contributed by atoms with Crippen LogP contribution in [0.3, 0.4) is 0 Å². The topological polar surface area (TPSA) is 88.6 Å². The number of nitrogens with one attached hydrogen (secondary N) is 1. The van der Waals surface area contributed by atoms with E-state index in [1.165, 1.54) is 17.5 Å². The number of ketones is 2. The molecule has 1 unspecified atom stereocenters. The zero-order chi connectivity index (χ0) is 20.7. The number of aromatic nitrogens is 4. The Kier molecular flexibility index (Phi) is 4.47. The maximum Gasteiger partial charge on any atom is 0.180 e. The Hall–Kier alpha value is -3.67. The Morgan fingerprint density at radius 1 is 0.933 bits per heavy atom. The van der Waals surface area contributed by atoms with Gasteiger partial charge in [0.25, 0.3) is 0 Å². The van der Waals surface area contributed by atoms with Crippen molar-refractivity contribution in [2.75, 3.05) is 0 Å². The maximum absolute atomic E-state index is 12.4. The first kappa shape index (κ1) is 18.4. The van der Waals surface area contributed by atoms with Gasteiger partial charge in [0, 0.05) is 24.3 Å². The molecule has 148 valence electrons. The lowest BCUT2D eigenvalue weighted by atomic mass is 9.75. The monoisotopic (exact) mass is 396 g/mol. The Balaban J connectivity index is 0.000000178. The minimum atomic E-state index is -0.0358. The first-order chi connectivity index (χ1) is 14.6. The van der Waals surface area contributed by atoms with E-state index in [2.05, 4.69) is 32.1 Å². The highest BCUT2D eigenvalue weighted by molar-refractivity contribution is 6.08. The molecule has 2 heterocycles. The van der Waals surface area contributed by atoms with E-state index < -0.39 is 0 Å². The molecule has 0 saturated carbocycles. The van der Waals surface area contributed by atoms with Gasteiger partial charge in [-0.3, -0.25) is 9.59 Å². The number of Topliss-reactive ketones (excluding diaryl/α,β-unsaturated/α-hetero) is 2. The van der Waals surface area contributed by atoms with Gasteiger partial charge in [-0.15, -0.1) is 0 Å². The number of H-pyrrole nitrogens is 1. The summed E-state index contributed by atoms with van der Waals surface area (Å²) in [6.07, 6.45) is 6.60. The maximum atomic E-state index is 12.4. The fraction of sp³-hybridized carbons (Fsp3) is 0.208. The Morgan fingerprint density at radius 3 is 2.60 bits per heavy atom. The number of carbonyl (C=O) groups excluding carboxylic acids is 2. The van der Waals surface area contributed by atoms with Crippen molar-refractivity contribution in [3.05, 3.63) is 77.5 Å². The van der Waals surface area contributed by atoms with Gasteiger partial charge in [-0.05, 0) is 34.2 Å². The zero-order valence-electron chi connectivity index (χ0n) is 16.6. The Bertz CT molecular complexity index is 1260. The molecule has 0 aliphatic heterocycles. The van der Waals surface area contributed by atoms with Gasteiger partial charge in [0.1, 0.15) is 17.6 Å². The fourth-order valence-electron chi connectivity index (χ4n) is 4.41. The van der Waals surface area contributed by atoms with Gasteiger partial charge in [-0.25, -0.2) is 15.0 Å². The number of nitrogens with zero attached hydrogens (tertiary/aromatic N) is 3. The molecule has 1 atom stereocenters. The number of hydrogen-bond donors (Lipinski definition) is 1. The molecule has 0 spiro atoms. The molecular weight excluding hydrogens is 376 g/mol. The third-order valence-electron chi connectivity index (χ3n) is 5.99. The molecule has 0 amide bonds. The van der Waals surface area contributed by atoms with Crippen molar-refractivity contribution in [2.24, 2.45) is 0 Å². The number of carbonyl (C=O) groups is 2. The third-order valence-corrected chi connectivity index (χ3v) is 5.99. The predicted molar refractivity (Wildman–Crippen MR) is 113 cm³/mol. The first-order valence-corrected chi connectivity index (χ1v) is 10.0. The van der Waals surface area contributed by atoms with E-state index in [4.69, 9.17) is 0 Å². The van der Waals surface area contributed by atoms with Gasteiger partial charge in [0.2, 0.25) is 0 Å². The van der Waals surface area contributed by atoms with Gasteiger partial charge >= 0.3 is 0 Å². The van der Waals surface area contributed by atoms with Gasteiger partial charge < -0.3 is 4.98 Å². The summed E-state index contributed by atoms with van der Waals surface area (Å²) < 4.78 is 0. The minimum Gasteiger partial charge on any atom is -0.342 e. The summed E-state index contributed by atoms with van der Waals surface area (Å²) in [4.78, 5) is 38.8. The van der Waals surface area contributed by atoms with Crippen molar-refractivity contribution in [1.29, 1.82) is 0 Å². The highest BCUT2D eigenvalue weighted by Gasteiger charge is 2.30. The van der Waals surface area contributed by atoms with Crippen molar-refractivity contribution in [1.82, 2.24) is 19.9 Å². The highest BCUT2D eigenvalue weighted by atomic mass is 16.1. The molecule has 4 aromatic rings. The first-order valence-electron chi connectivity index (χ1n) is 10.0. The van der Waals surface area contributed by atoms with Crippen LogP contribution in [0.15, 0.2) is 55.2 Å². The van der Waals surface area contributed by atoms with Crippen LogP contribution >= 0.6 is 0 Å². The zero-order valence-corrected chi connectivity index (χ0v) is 16.6. The van der Waals surface area contributed by atoms with E-state index in [-0.39, 0.29) is 11.7 Å². The van der Waals surface area contributed by atoms with Crippen LogP contribution in [-0.2, 0) is 17.6 Å². The minimum absolute atomic E-state index is 0.0358. The number of imidazole rings is 1. The average molecular weight is 396 g/mol. The number of aromatic amines is 1. The van der Waals surface area contributed by atoms with E-state index in [9.17, 15) is 9.59 Å². The molecule has 1 N–H and O–H groups in total. The van der Waals surface area contributed by atoms with E-state index in [0.717, 1.165) is 34.2 Å². The van der Waals surface area contributed by atoms with E-state index in [1.807, 2.05) is 31.2 Å². The van der Waals surface area contributed by atoms with E-state index in [0.29, 0.717) is 24.3 Å². The molecule has 2 aliphatic rings. The van der Waals surface area contributed by atoms with Gasteiger partial charge in [0.15, 0.2) is 11.4 Å². The van der Waals surface area contributed by atoms with Crippen molar-refractivity contribution in [2.45, 2.75) is 32.1 Å². The number of fused-ring (bicyclic) bond motifs is 6. The normalized spacial score (nSPS) is 16.9. The molecule has 2 aromatic carbocycles. The van der Waals surface area contributed by atoms with Crippen LogP contribution in [-0.4, -0.2) is 31.5 Å². The van der Waals surface area contributed by atoms with Gasteiger partial charge in [-0.1, -0.05) is 43.3 Å². The molecule has 2 aliphatic carbocycles. The van der Waals surface area contributed by atoms with Crippen molar-refractivity contribution < 1.29 is 9.59 Å². The molecule has 0 bridgehead atoms. The number of rotatable bonds is 0.